The van der Waals surface area contributed by atoms with E-state index in [0.29, 0.717) is 5.41 Å². The van der Waals surface area contributed by atoms with Crippen molar-refractivity contribution in [2.24, 2.45) is 28.6 Å². The van der Waals surface area contributed by atoms with E-state index in [2.05, 4.69) is 27.4 Å². The van der Waals surface area contributed by atoms with Crippen molar-refractivity contribution in [3.63, 3.8) is 0 Å². The maximum Gasteiger partial charge on any atom is -0.0146 e. The van der Waals surface area contributed by atoms with Gasteiger partial charge in [0.05, 0.1) is 0 Å². The normalized spacial score (nSPS) is 51.9. The molecule has 0 heterocycles. The highest BCUT2D eigenvalue weighted by atomic mass is 14.7. The third kappa shape index (κ3) is 0.990. The Bertz CT molecular complexity index is 312. The van der Waals surface area contributed by atoms with Gasteiger partial charge in [-0.05, 0) is 60.7 Å². The van der Waals surface area contributed by atoms with Crippen LogP contribution in [-0.2, 0) is 0 Å². The van der Waals surface area contributed by atoms with Gasteiger partial charge in [-0.1, -0.05) is 32.9 Å². The maximum absolute atomic E-state index is 4.34. The molecule has 0 aromatic heterocycles. The van der Waals surface area contributed by atoms with Gasteiger partial charge in [0.15, 0.2) is 0 Å². The Hall–Kier alpha value is -0.260. The van der Waals surface area contributed by atoms with E-state index in [9.17, 15) is 0 Å². The highest BCUT2D eigenvalue weighted by molar-refractivity contribution is 5.23. The third-order valence-electron chi connectivity index (χ3n) is 6.35. The summed E-state index contributed by atoms with van der Waals surface area (Å²) in [5.74, 6) is 2.79. The fourth-order valence-corrected chi connectivity index (χ4v) is 5.44. The van der Waals surface area contributed by atoms with Crippen LogP contribution in [0.3, 0.4) is 0 Å². The zero-order chi connectivity index (χ0) is 10.8. The van der Waals surface area contributed by atoms with Crippen LogP contribution in [0.2, 0.25) is 0 Å². The second kappa shape index (κ2) is 2.70. The molecule has 3 saturated carbocycles. The molecule has 15 heavy (non-hydrogen) atoms. The Morgan fingerprint density at radius 3 is 2.73 bits per heavy atom. The summed E-state index contributed by atoms with van der Waals surface area (Å²) in [4.78, 5) is 0. The van der Waals surface area contributed by atoms with Crippen molar-refractivity contribution in [3.05, 3.63) is 12.2 Å². The SMILES string of the molecule is C=C1CC[C@]23C[C@H]1C(C)(C)[C@@H]2CC[C@H]3C. The molecule has 2 bridgehead atoms. The summed E-state index contributed by atoms with van der Waals surface area (Å²) in [5.41, 5.74) is 2.82. The smallest absolute Gasteiger partial charge is 0.0146 e. The largest absolute Gasteiger partial charge is 0.0996 e. The van der Waals surface area contributed by atoms with Crippen molar-refractivity contribution in [3.8, 4) is 0 Å². The van der Waals surface area contributed by atoms with Gasteiger partial charge in [-0.2, -0.15) is 0 Å². The second-order valence-electron chi connectivity index (χ2n) is 7.00. The molecule has 0 amide bonds. The van der Waals surface area contributed by atoms with Crippen LogP contribution < -0.4 is 0 Å². The maximum atomic E-state index is 4.34. The molecule has 0 N–H and O–H groups in total. The molecule has 3 aliphatic rings. The van der Waals surface area contributed by atoms with Crippen LogP contribution in [0, 0.1) is 28.6 Å². The molecule has 3 aliphatic carbocycles. The van der Waals surface area contributed by atoms with E-state index in [4.69, 9.17) is 0 Å². The van der Waals surface area contributed by atoms with Crippen molar-refractivity contribution in [1.29, 1.82) is 0 Å². The van der Waals surface area contributed by atoms with Gasteiger partial charge in [0.2, 0.25) is 0 Å². The first-order chi connectivity index (χ1) is 6.98. The van der Waals surface area contributed by atoms with Gasteiger partial charge in [-0.25, -0.2) is 0 Å². The van der Waals surface area contributed by atoms with Gasteiger partial charge in [-0.15, -0.1) is 0 Å². The molecular weight excluding hydrogens is 180 g/mol. The fourth-order valence-electron chi connectivity index (χ4n) is 5.44. The van der Waals surface area contributed by atoms with Crippen LogP contribution in [0.4, 0.5) is 0 Å². The van der Waals surface area contributed by atoms with E-state index >= 15 is 0 Å². The minimum atomic E-state index is 0.540. The molecule has 4 atom stereocenters. The van der Waals surface area contributed by atoms with E-state index in [-0.39, 0.29) is 0 Å². The summed E-state index contributed by atoms with van der Waals surface area (Å²) < 4.78 is 0. The summed E-state index contributed by atoms with van der Waals surface area (Å²) in [6.45, 7) is 11.9. The van der Waals surface area contributed by atoms with Crippen LogP contribution >= 0.6 is 0 Å². The van der Waals surface area contributed by atoms with E-state index < -0.39 is 0 Å². The number of hydrogen-bond acceptors (Lipinski definition) is 0. The molecule has 3 fully saturated rings. The topological polar surface area (TPSA) is 0 Å². The lowest BCUT2D eigenvalue weighted by molar-refractivity contribution is 0.118. The molecule has 0 unspecified atom stereocenters. The molecule has 1 spiro atoms. The first-order valence-electron chi connectivity index (χ1n) is 6.66. The van der Waals surface area contributed by atoms with Crippen molar-refractivity contribution in [2.75, 3.05) is 0 Å². The van der Waals surface area contributed by atoms with Crippen molar-refractivity contribution in [1.82, 2.24) is 0 Å². The van der Waals surface area contributed by atoms with Gasteiger partial charge < -0.3 is 0 Å². The van der Waals surface area contributed by atoms with Crippen LogP contribution in [-0.4, -0.2) is 0 Å². The van der Waals surface area contributed by atoms with E-state index in [1.165, 1.54) is 32.1 Å². The second-order valence-corrected chi connectivity index (χ2v) is 7.00. The van der Waals surface area contributed by atoms with E-state index in [0.717, 1.165) is 23.2 Å². The Balaban J connectivity index is 2.08. The van der Waals surface area contributed by atoms with Crippen molar-refractivity contribution < 1.29 is 0 Å². The summed E-state index contributed by atoms with van der Waals surface area (Å²) in [6.07, 6.45) is 7.18. The summed E-state index contributed by atoms with van der Waals surface area (Å²) in [6, 6.07) is 0. The van der Waals surface area contributed by atoms with Crippen molar-refractivity contribution >= 4 is 0 Å². The highest BCUT2D eigenvalue weighted by Crippen LogP contribution is 2.72. The molecule has 0 aliphatic heterocycles. The Labute approximate surface area is 94.1 Å². The van der Waals surface area contributed by atoms with Gasteiger partial charge in [-0.3, -0.25) is 0 Å². The molecule has 84 valence electrons. The summed E-state index contributed by atoms with van der Waals surface area (Å²) in [5, 5.41) is 0. The Morgan fingerprint density at radius 1 is 1.27 bits per heavy atom. The molecule has 0 nitrogen and oxygen atoms in total. The third-order valence-corrected chi connectivity index (χ3v) is 6.35. The standard InChI is InChI=1S/C15H24/c1-10-7-8-15-9-12(10)14(3,4)13(15)6-5-11(15)2/h11-13H,1,5-9H2,2-4H3/t11-,12-,13+,15-/m1/s1. The van der Waals surface area contributed by atoms with Gasteiger partial charge >= 0.3 is 0 Å². The lowest BCUT2D eigenvalue weighted by atomic mass is 9.67. The van der Waals surface area contributed by atoms with Crippen LogP contribution in [0.5, 0.6) is 0 Å². The quantitative estimate of drug-likeness (QED) is 0.513. The zero-order valence-corrected chi connectivity index (χ0v) is 10.5. The van der Waals surface area contributed by atoms with E-state index in [1.54, 1.807) is 5.57 Å². The van der Waals surface area contributed by atoms with Gasteiger partial charge in [0, 0.05) is 0 Å². The lowest BCUT2D eigenvalue weighted by Crippen LogP contribution is -2.30. The number of allylic oxidation sites excluding steroid dienone is 1. The zero-order valence-electron chi connectivity index (χ0n) is 10.5. The predicted molar refractivity (Wildman–Crippen MR) is 64.6 cm³/mol. The molecule has 3 rings (SSSR count). The molecule has 0 saturated heterocycles. The molecule has 0 radical (unpaired) electrons. The molecule has 0 aromatic rings. The average molecular weight is 204 g/mol. The first kappa shape index (κ1) is 9.93. The average Bonchev–Trinajstić information content (AvgIpc) is 2.57. The minimum absolute atomic E-state index is 0.540. The number of fused-ring (bicyclic) bond motifs is 1. The number of rotatable bonds is 0. The molecular formula is C15H24. The minimum Gasteiger partial charge on any atom is -0.0996 e. The lowest BCUT2D eigenvalue weighted by Gasteiger charge is -2.38. The first-order valence-corrected chi connectivity index (χ1v) is 6.66. The van der Waals surface area contributed by atoms with E-state index in [1.807, 2.05) is 0 Å². The van der Waals surface area contributed by atoms with Crippen LogP contribution in [0.1, 0.15) is 52.9 Å². The van der Waals surface area contributed by atoms with Gasteiger partial charge in [0.1, 0.15) is 0 Å². The Kier molecular flexibility index (Phi) is 1.79. The summed E-state index contributed by atoms with van der Waals surface area (Å²) >= 11 is 0. The predicted octanol–water partition coefficient (Wildman–Crippen LogP) is 4.42. The Morgan fingerprint density at radius 2 is 2.00 bits per heavy atom. The summed E-state index contributed by atoms with van der Waals surface area (Å²) in [7, 11) is 0. The molecule has 0 heteroatoms. The monoisotopic (exact) mass is 204 g/mol. The van der Waals surface area contributed by atoms with Crippen LogP contribution in [0.25, 0.3) is 0 Å². The van der Waals surface area contributed by atoms with Crippen LogP contribution in [0.15, 0.2) is 12.2 Å². The van der Waals surface area contributed by atoms with Crippen molar-refractivity contribution in [2.45, 2.75) is 52.9 Å². The number of hydrogen-bond donors (Lipinski definition) is 0. The fraction of sp³-hybridized carbons (Fsp3) is 0.867. The molecule has 0 aromatic carbocycles. The van der Waals surface area contributed by atoms with Gasteiger partial charge in [0.25, 0.3) is 0 Å². The highest BCUT2D eigenvalue weighted by Gasteiger charge is 2.63.